The molecule has 1 aromatic carbocycles. The molecule has 0 spiro atoms. The standard InChI is InChI=1S/C17H25ClN2O2/c1-17(2,3)22-16(21)20-11-9-15(12-20)19-10-8-13-4-6-14(18)7-5-13/h4-7,15,19H,8-12H2,1-3H3. The predicted molar refractivity (Wildman–Crippen MR) is 89.4 cm³/mol. The van der Waals surface area contributed by atoms with Gasteiger partial charge in [0.1, 0.15) is 5.60 Å². The molecule has 22 heavy (non-hydrogen) atoms. The lowest BCUT2D eigenvalue weighted by Gasteiger charge is -2.24. The fraction of sp³-hybridized carbons (Fsp3) is 0.588. The minimum atomic E-state index is -0.433. The number of halogens is 1. The number of carbonyl (C=O) groups is 1. The van der Waals surface area contributed by atoms with Crippen LogP contribution in [0.1, 0.15) is 32.8 Å². The van der Waals surface area contributed by atoms with Crippen LogP contribution < -0.4 is 5.32 Å². The molecule has 1 aliphatic rings. The maximum Gasteiger partial charge on any atom is 0.410 e. The molecule has 1 saturated heterocycles. The molecule has 2 rings (SSSR count). The number of ether oxygens (including phenoxy) is 1. The number of nitrogens with zero attached hydrogens (tertiary/aromatic N) is 1. The van der Waals surface area contributed by atoms with Crippen molar-refractivity contribution in [2.24, 2.45) is 0 Å². The number of nitrogens with one attached hydrogen (secondary N) is 1. The average molecular weight is 325 g/mol. The molecule has 122 valence electrons. The molecule has 1 heterocycles. The van der Waals surface area contributed by atoms with E-state index in [0.717, 1.165) is 37.5 Å². The van der Waals surface area contributed by atoms with Gasteiger partial charge in [0.2, 0.25) is 0 Å². The highest BCUT2D eigenvalue weighted by Crippen LogP contribution is 2.15. The number of hydrogen-bond donors (Lipinski definition) is 1. The molecule has 0 radical (unpaired) electrons. The van der Waals surface area contributed by atoms with Crippen LogP contribution in [-0.4, -0.2) is 42.3 Å². The van der Waals surface area contributed by atoms with E-state index in [-0.39, 0.29) is 6.09 Å². The highest BCUT2D eigenvalue weighted by molar-refractivity contribution is 6.30. The monoisotopic (exact) mass is 324 g/mol. The van der Waals surface area contributed by atoms with Crippen molar-refractivity contribution in [2.75, 3.05) is 19.6 Å². The topological polar surface area (TPSA) is 41.6 Å². The largest absolute Gasteiger partial charge is 0.444 e. The van der Waals surface area contributed by atoms with Crippen LogP contribution in [0.4, 0.5) is 4.79 Å². The fourth-order valence-electron chi connectivity index (χ4n) is 2.49. The summed E-state index contributed by atoms with van der Waals surface area (Å²) >= 11 is 5.88. The van der Waals surface area contributed by atoms with Gasteiger partial charge in [0.15, 0.2) is 0 Å². The van der Waals surface area contributed by atoms with Crippen LogP contribution in [-0.2, 0) is 11.2 Å². The predicted octanol–water partition coefficient (Wildman–Crippen LogP) is 3.48. The van der Waals surface area contributed by atoms with E-state index in [1.165, 1.54) is 5.56 Å². The first-order valence-corrected chi connectivity index (χ1v) is 8.17. The first-order valence-electron chi connectivity index (χ1n) is 7.79. The lowest BCUT2D eigenvalue weighted by molar-refractivity contribution is 0.0291. The molecule has 1 aliphatic heterocycles. The molecule has 1 fully saturated rings. The van der Waals surface area contributed by atoms with Crippen LogP contribution in [0.3, 0.4) is 0 Å². The molecule has 5 heteroatoms. The maximum atomic E-state index is 12.0. The second-order valence-corrected chi connectivity index (χ2v) is 7.18. The van der Waals surface area contributed by atoms with Gasteiger partial charge in [0.05, 0.1) is 0 Å². The Bertz CT molecular complexity index is 496. The van der Waals surface area contributed by atoms with Crippen molar-refractivity contribution in [2.45, 2.75) is 45.3 Å². The zero-order chi connectivity index (χ0) is 16.2. The number of rotatable bonds is 4. The summed E-state index contributed by atoms with van der Waals surface area (Å²) in [5.74, 6) is 0. The molecular weight excluding hydrogens is 300 g/mol. The Hall–Kier alpha value is -1.26. The Morgan fingerprint density at radius 1 is 1.36 bits per heavy atom. The van der Waals surface area contributed by atoms with E-state index in [2.05, 4.69) is 5.32 Å². The third kappa shape index (κ3) is 5.50. The minimum absolute atomic E-state index is 0.213. The summed E-state index contributed by atoms with van der Waals surface area (Å²) in [6.07, 6.45) is 1.72. The number of hydrogen-bond acceptors (Lipinski definition) is 3. The summed E-state index contributed by atoms with van der Waals surface area (Å²) in [4.78, 5) is 13.8. The Morgan fingerprint density at radius 2 is 2.05 bits per heavy atom. The lowest BCUT2D eigenvalue weighted by Crippen LogP contribution is -2.38. The molecule has 1 atom stereocenters. The van der Waals surface area contributed by atoms with Crippen molar-refractivity contribution in [3.05, 3.63) is 34.9 Å². The van der Waals surface area contributed by atoms with Crippen LogP contribution in [0.5, 0.6) is 0 Å². The zero-order valence-corrected chi connectivity index (χ0v) is 14.3. The van der Waals surface area contributed by atoms with Crippen molar-refractivity contribution in [3.63, 3.8) is 0 Å². The number of carbonyl (C=O) groups excluding carboxylic acids is 1. The number of amides is 1. The Morgan fingerprint density at radius 3 is 2.68 bits per heavy atom. The number of benzene rings is 1. The van der Waals surface area contributed by atoms with Crippen molar-refractivity contribution >= 4 is 17.7 Å². The molecule has 0 aliphatic carbocycles. The van der Waals surface area contributed by atoms with Crippen LogP contribution in [0.2, 0.25) is 5.02 Å². The zero-order valence-electron chi connectivity index (χ0n) is 13.6. The molecule has 0 aromatic heterocycles. The SMILES string of the molecule is CC(C)(C)OC(=O)N1CCC(NCCc2ccc(Cl)cc2)C1. The fourth-order valence-corrected chi connectivity index (χ4v) is 2.62. The summed E-state index contributed by atoms with van der Waals surface area (Å²) in [6, 6.07) is 8.27. The van der Waals surface area contributed by atoms with Gasteiger partial charge in [-0.05, 0) is 57.9 Å². The second-order valence-electron chi connectivity index (χ2n) is 6.74. The van der Waals surface area contributed by atoms with Gasteiger partial charge in [0.25, 0.3) is 0 Å². The molecule has 1 N–H and O–H groups in total. The normalized spacial score (nSPS) is 18.5. The highest BCUT2D eigenvalue weighted by Gasteiger charge is 2.29. The summed E-state index contributed by atoms with van der Waals surface area (Å²) in [5.41, 5.74) is 0.830. The van der Waals surface area contributed by atoms with Gasteiger partial charge in [-0.3, -0.25) is 0 Å². The van der Waals surface area contributed by atoms with Crippen molar-refractivity contribution < 1.29 is 9.53 Å². The van der Waals surface area contributed by atoms with Gasteiger partial charge in [0, 0.05) is 24.2 Å². The third-order valence-electron chi connectivity index (χ3n) is 3.60. The van der Waals surface area contributed by atoms with Crippen molar-refractivity contribution in [1.82, 2.24) is 10.2 Å². The lowest BCUT2D eigenvalue weighted by atomic mass is 10.1. The minimum Gasteiger partial charge on any atom is -0.444 e. The summed E-state index contributed by atoms with van der Waals surface area (Å²) in [6.45, 7) is 8.05. The van der Waals surface area contributed by atoms with Crippen LogP contribution in [0.25, 0.3) is 0 Å². The smallest absolute Gasteiger partial charge is 0.410 e. The van der Waals surface area contributed by atoms with E-state index in [1.54, 1.807) is 4.90 Å². The second kappa shape index (κ2) is 7.34. The van der Waals surface area contributed by atoms with Crippen LogP contribution in [0.15, 0.2) is 24.3 Å². The molecule has 0 saturated carbocycles. The number of likely N-dealkylation sites (tertiary alicyclic amines) is 1. The van der Waals surface area contributed by atoms with Crippen LogP contribution >= 0.6 is 11.6 Å². The van der Waals surface area contributed by atoms with Crippen LogP contribution in [0, 0.1) is 0 Å². The van der Waals surface area contributed by atoms with E-state index >= 15 is 0 Å². The van der Waals surface area contributed by atoms with E-state index in [1.807, 2.05) is 45.0 Å². The summed E-state index contributed by atoms with van der Waals surface area (Å²) < 4.78 is 5.40. The molecule has 1 aromatic rings. The van der Waals surface area contributed by atoms with E-state index < -0.39 is 5.60 Å². The first kappa shape index (κ1) is 17.1. The van der Waals surface area contributed by atoms with Gasteiger partial charge in [-0.1, -0.05) is 23.7 Å². The Balaban J connectivity index is 1.70. The quantitative estimate of drug-likeness (QED) is 0.922. The van der Waals surface area contributed by atoms with Gasteiger partial charge in [-0.2, -0.15) is 0 Å². The van der Waals surface area contributed by atoms with Crippen molar-refractivity contribution in [1.29, 1.82) is 0 Å². The maximum absolute atomic E-state index is 12.0. The van der Waals surface area contributed by atoms with Gasteiger partial charge in [-0.25, -0.2) is 4.79 Å². The molecular formula is C17H25ClN2O2. The summed E-state index contributed by atoms with van der Waals surface area (Å²) in [5, 5.41) is 4.27. The molecule has 4 nitrogen and oxygen atoms in total. The van der Waals surface area contributed by atoms with Gasteiger partial charge in [-0.15, -0.1) is 0 Å². The summed E-state index contributed by atoms with van der Waals surface area (Å²) in [7, 11) is 0. The average Bonchev–Trinajstić information content (AvgIpc) is 2.88. The third-order valence-corrected chi connectivity index (χ3v) is 3.85. The molecule has 1 unspecified atom stereocenters. The Kier molecular flexibility index (Phi) is 5.70. The Labute approximate surface area is 137 Å². The van der Waals surface area contributed by atoms with Gasteiger partial charge >= 0.3 is 6.09 Å². The molecule has 0 bridgehead atoms. The first-order chi connectivity index (χ1) is 10.3. The van der Waals surface area contributed by atoms with Gasteiger partial charge < -0.3 is 15.0 Å². The van der Waals surface area contributed by atoms with Crippen molar-refractivity contribution in [3.8, 4) is 0 Å². The van der Waals surface area contributed by atoms with E-state index in [9.17, 15) is 4.79 Å². The van der Waals surface area contributed by atoms with E-state index in [0.29, 0.717) is 6.04 Å². The van der Waals surface area contributed by atoms with E-state index in [4.69, 9.17) is 16.3 Å². The molecule has 1 amide bonds. The highest BCUT2D eigenvalue weighted by atomic mass is 35.5.